The Balaban J connectivity index is 1.67. The van der Waals surface area contributed by atoms with E-state index in [1.54, 1.807) is 11.8 Å². The van der Waals surface area contributed by atoms with Crippen LogP contribution in [0.25, 0.3) is 0 Å². The number of halogens is 1. The lowest BCUT2D eigenvalue weighted by molar-refractivity contribution is 0.626. The van der Waals surface area contributed by atoms with Gasteiger partial charge in [-0.15, -0.1) is 0 Å². The van der Waals surface area contributed by atoms with E-state index in [1.165, 1.54) is 41.0 Å². The van der Waals surface area contributed by atoms with Gasteiger partial charge in [-0.25, -0.2) is 4.39 Å². The van der Waals surface area contributed by atoms with Crippen molar-refractivity contribution in [1.29, 1.82) is 0 Å². The topological polar surface area (TPSA) is 12.0 Å². The maximum absolute atomic E-state index is 12.9. The fraction of sp³-hybridized carbons (Fsp3) is 0.294. The van der Waals surface area contributed by atoms with Crippen LogP contribution in [0.1, 0.15) is 24.0 Å². The van der Waals surface area contributed by atoms with Crippen molar-refractivity contribution in [2.45, 2.75) is 42.1 Å². The molecule has 0 heterocycles. The third kappa shape index (κ3) is 3.62. The van der Waals surface area contributed by atoms with E-state index in [1.807, 2.05) is 12.1 Å². The van der Waals surface area contributed by atoms with E-state index in [2.05, 4.69) is 30.4 Å². The fourth-order valence-corrected chi connectivity index (χ4v) is 3.03. The Morgan fingerprint density at radius 2 is 1.80 bits per heavy atom. The molecule has 2 aromatic carbocycles. The number of benzene rings is 2. The monoisotopic (exact) mass is 287 g/mol. The molecule has 1 fully saturated rings. The summed E-state index contributed by atoms with van der Waals surface area (Å²) in [6.45, 7) is 3.11. The smallest absolute Gasteiger partial charge is 0.123 e. The molecule has 0 amide bonds. The Bertz CT molecular complexity index is 590. The van der Waals surface area contributed by atoms with Gasteiger partial charge in [0, 0.05) is 22.4 Å². The minimum absolute atomic E-state index is 0.188. The van der Waals surface area contributed by atoms with Crippen LogP contribution in [0.15, 0.2) is 52.3 Å². The van der Waals surface area contributed by atoms with Crippen LogP contribution in [-0.2, 0) is 6.54 Å². The van der Waals surface area contributed by atoms with Crippen LogP contribution in [0.4, 0.5) is 4.39 Å². The summed E-state index contributed by atoms with van der Waals surface area (Å²) in [5, 5.41) is 3.54. The van der Waals surface area contributed by atoms with Crippen LogP contribution in [0.3, 0.4) is 0 Å². The van der Waals surface area contributed by atoms with Gasteiger partial charge in [0.15, 0.2) is 0 Å². The summed E-state index contributed by atoms with van der Waals surface area (Å²) >= 11 is 1.67. The molecule has 1 saturated carbocycles. The minimum atomic E-state index is -0.188. The van der Waals surface area contributed by atoms with E-state index >= 15 is 0 Å². The molecule has 1 aliphatic rings. The van der Waals surface area contributed by atoms with Gasteiger partial charge in [-0.2, -0.15) is 0 Å². The largest absolute Gasteiger partial charge is 0.310 e. The number of hydrogen-bond acceptors (Lipinski definition) is 2. The van der Waals surface area contributed by atoms with Crippen molar-refractivity contribution in [3.8, 4) is 0 Å². The van der Waals surface area contributed by atoms with Crippen molar-refractivity contribution in [1.82, 2.24) is 5.32 Å². The van der Waals surface area contributed by atoms with Gasteiger partial charge < -0.3 is 5.32 Å². The third-order valence-electron chi connectivity index (χ3n) is 3.52. The molecule has 2 aromatic rings. The van der Waals surface area contributed by atoms with E-state index in [0.717, 1.165) is 17.5 Å². The van der Waals surface area contributed by atoms with Crippen LogP contribution in [0, 0.1) is 12.7 Å². The predicted octanol–water partition coefficient (Wildman–Crippen LogP) is 4.54. The van der Waals surface area contributed by atoms with Crippen molar-refractivity contribution in [3.05, 3.63) is 59.4 Å². The molecule has 3 heteroatoms. The second-order valence-corrected chi connectivity index (χ2v) is 6.45. The van der Waals surface area contributed by atoms with Gasteiger partial charge >= 0.3 is 0 Å². The first-order chi connectivity index (χ1) is 9.70. The molecule has 0 aromatic heterocycles. The summed E-state index contributed by atoms with van der Waals surface area (Å²) in [5.41, 5.74) is 2.67. The van der Waals surface area contributed by atoms with Crippen LogP contribution >= 0.6 is 11.8 Å². The summed E-state index contributed by atoms with van der Waals surface area (Å²) in [6.07, 6.45) is 2.63. The van der Waals surface area contributed by atoms with E-state index in [0.29, 0.717) is 0 Å². The zero-order valence-electron chi connectivity index (χ0n) is 11.5. The van der Waals surface area contributed by atoms with Crippen LogP contribution in [0.2, 0.25) is 0 Å². The standard InChI is InChI=1S/C17H18FNS/c1-12-10-17(20-16-8-3-14(18)4-9-16)7-2-13(12)11-19-15-5-6-15/h2-4,7-10,15,19H,5-6,11H2,1H3. The van der Waals surface area contributed by atoms with E-state index in [-0.39, 0.29) is 5.82 Å². The Labute approximate surface area is 123 Å². The zero-order valence-corrected chi connectivity index (χ0v) is 12.3. The lowest BCUT2D eigenvalue weighted by Crippen LogP contribution is -2.15. The SMILES string of the molecule is Cc1cc(Sc2ccc(F)cc2)ccc1CNC1CC1. The number of hydrogen-bond donors (Lipinski definition) is 1. The second-order valence-electron chi connectivity index (χ2n) is 5.30. The summed E-state index contributed by atoms with van der Waals surface area (Å²) in [4.78, 5) is 2.26. The molecule has 0 saturated heterocycles. The van der Waals surface area contributed by atoms with Crippen molar-refractivity contribution < 1.29 is 4.39 Å². The Morgan fingerprint density at radius 3 is 2.45 bits per heavy atom. The highest BCUT2D eigenvalue weighted by Gasteiger charge is 2.20. The number of nitrogens with one attached hydrogen (secondary N) is 1. The van der Waals surface area contributed by atoms with Crippen molar-refractivity contribution in [3.63, 3.8) is 0 Å². The van der Waals surface area contributed by atoms with Gasteiger partial charge in [0.1, 0.15) is 5.82 Å². The summed E-state index contributed by atoms with van der Waals surface area (Å²) < 4.78 is 12.9. The summed E-state index contributed by atoms with van der Waals surface area (Å²) in [7, 11) is 0. The lowest BCUT2D eigenvalue weighted by atomic mass is 10.1. The van der Waals surface area contributed by atoms with Gasteiger partial charge in [-0.1, -0.05) is 17.8 Å². The average Bonchev–Trinajstić information content (AvgIpc) is 3.25. The highest BCUT2D eigenvalue weighted by atomic mass is 32.2. The molecule has 20 heavy (non-hydrogen) atoms. The van der Waals surface area contributed by atoms with Crippen molar-refractivity contribution in [2.75, 3.05) is 0 Å². The van der Waals surface area contributed by atoms with Gasteiger partial charge in [-0.3, -0.25) is 0 Å². The lowest BCUT2D eigenvalue weighted by Gasteiger charge is -2.09. The molecule has 3 rings (SSSR count). The predicted molar refractivity (Wildman–Crippen MR) is 81.6 cm³/mol. The van der Waals surface area contributed by atoms with Gasteiger partial charge in [-0.05, 0) is 67.3 Å². The molecule has 1 N–H and O–H groups in total. The molecule has 0 unspecified atom stereocenters. The molecule has 0 aliphatic heterocycles. The maximum Gasteiger partial charge on any atom is 0.123 e. The van der Waals surface area contributed by atoms with E-state index < -0.39 is 0 Å². The summed E-state index contributed by atoms with van der Waals surface area (Å²) in [6, 6.07) is 13.9. The van der Waals surface area contributed by atoms with Gasteiger partial charge in [0.2, 0.25) is 0 Å². The van der Waals surface area contributed by atoms with Gasteiger partial charge in [0.05, 0.1) is 0 Å². The molecule has 1 aliphatic carbocycles. The molecule has 1 nitrogen and oxygen atoms in total. The van der Waals surface area contributed by atoms with Crippen LogP contribution in [0.5, 0.6) is 0 Å². The van der Waals surface area contributed by atoms with Crippen LogP contribution in [-0.4, -0.2) is 6.04 Å². The second kappa shape index (κ2) is 5.98. The number of aryl methyl sites for hydroxylation is 1. The maximum atomic E-state index is 12.9. The minimum Gasteiger partial charge on any atom is -0.310 e. The van der Waals surface area contributed by atoms with E-state index in [9.17, 15) is 4.39 Å². The molecule has 0 atom stereocenters. The van der Waals surface area contributed by atoms with Crippen molar-refractivity contribution in [2.24, 2.45) is 0 Å². The first kappa shape index (κ1) is 13.7. The molecule has 0 spiro atoms. The third-order valence-corrected chi connectivity index (χ3v) is 4.52. The molecule has 0 radical (unpaired) electrons. The Morgan fingerprint density at radius 1 is 1.10 bits per heavy atom. The molecular weight excluding hydrogens is 269 g/mol. The van der Waals surface area contributed by atoms with Crippen molar-refractivity contribution >= 4 is 11.8 Å². The fourth-order valence-electron chi connectivity index (χ4n) is 2.11. The average molecular weight is 287 g/mol. The highest BCUT2D eigenvalue weighted by molar-refractivity contribution is 7.99. The normalized spacial score (nSPS) is 14.5. The first-order valence-electron chi connectivity index (χ1n) is 6.97. The molecular formula is C17H18FNS. The quantitative estimate of drug-likeness (QED) is 0.866. The molecule has 104 valence electrons. The Kier molecular flexibility index (Phi) is 4.08. The van der Waals surface area contributed by atoms with Gasteiger partial charge in [0.25, 0.3) is 0 Å². The highest BCUT2D eigenvalue weighted by Crippen LogP contribution is 2.29. The Hall–Kier alpha value is -1.32. The summed E-state index contributed by atoms with van der Waals surface area (Å²) in [5.74, 6) is -0.188. The number of rotatable bonds is 5. The zero-order chi connectivity index (χ0) is 13.9. The molecule has 0 bridgehead atoms. The van der Waals surface area contributed by atoms with E-state index in [4.69, 9.17) is 0 Å². The first-order valence-corrected chi connectivity index (χ1v) is 7.79. The van der Waals surface area contributed by atoms with Crippen LogP contribution < -0.4 is 5.32 Å².